The molecule has 4 N–H and O–H groups in total. The van der Waals surface area contributed by atoms with Crippen molar-refractivity contribution in [3.8, 4) is 5.75 Å². The Bertz CT molecular complexity index is 1630. The lowest BCUT2D eigenvalue weighted by molar-refractivity contribution is 0.0274. The van der Waals surface area contributed by atoms with Crippen molar-refractivity contribution in [1.82, 2.24) is 19.9 Å². The Morgan fingerprint density at radius 3 is 2.59 bits per heavy atom. The van der Waals surface area contributed by atoms with Crippen molar-refractivity contribution in [1.29, 1.82) is 0 Å². The molecule has 4 aromatic rings. The molecule has 10 nitrogen and oxygen atoms in total. The summed E-state index contributed by atoms with van der Waals surface area (Å²) in [5.74, 6) is 1.52. The molecule has 0 unspecified atom stereocenters. The minimum atomic E-state index is -2.54. The van der Waals surface area contributed by atoms with Gasteiger partial charge in [0.1, 0.15) is 37.6 Å². The van der Waals surface area contributed by atoms with Crippen molar-refractivity contribution in [3.05, 3.63) is 54.7 Å². The van der Waals surface area contributed by atoms with Gasteiger partial charge in [-0.05, 0) is 77.4 Å². The zero-order valence-electron chi connectivity index (χ0n) is 26.1. The van der Waals surface area contributed by atoms with Crippen LogP contribution in [0, 0.1) is 0 Å². The zero-order valence-corrected chi connectivity index (χ0v) is 27.0. The molecule has 0 bridgehead atoms. The van der Waals surface area contributed by atoms with Gasteiger partial charge in [0.25, 0.3) is 0 Å². The maximum Gasteiger partial charge on any atom is 0.231 e. The number of rotatable bonds is 12. The Balaban J connectivity index is 1.37. The standard InChI is InChI=1S/C32H43FN7O3P/c1-32(2,41)21-39(3)23-13-17-40(18-14-23)26-11-10-22(20-27(26)43-19-15-33)35-31-37-29-24(12-16-34-29)30(38-31)36-25-8-6-7-9-28(25)44(4,5)42/h6-12,16,20,23,41H,13-15,17-19,21H2,1-5H3,(H3,34,35,36,37,38). The van der Waals surface area contributed by atoms with E-state index in [1.165, 1.54) is 0 Å². The van der Waals surface area contributed by atoms with Gasteiger partial charge in [-0.15, -0.1) is 0 Å². The molecule has 2 aromatic carbocycles. The van der Waals surface area contributed by atoms with Crippen LogP contribution in [0.2, 0.25) is 0 Å². The Kier molecular flexibility index (Phi) is 9.48. The molecular weight excluding hydrogens is 580 g/mol. The molecule has 0 atom stereocenters. The second kappa shape index (κ2) is 13.1. The Labute approximate surface area is 258 Å². The summed E-state index contributed by atoms with van der Waals surface area (Å²) in [6, 6.07) is 15.6. The minimum Gasteiger partial charge on any atom is -0.489 e. The lowest BCUT2D eigenvalue weighted by atomic mass is 10.0. The summed E-state index contributed by atoms with van der Waals surface area (Å²) in [6.07, 6.45) is 3.70. The van der Waals surface area contributed by atoms with E-state index >= 15 is 0 Å². The topological polar surface area (TPSA) is 119 Å². The molecule has 1 fully saturated rings. The van der Waals surface area contributed by atoms with E-state index in [2.05, 4.69) is 37.4 Å². The number of piperidine rings is 1. The number of alkyl halides is 1. The molecule has 0 radical (unpaired) electrons. The average molecular weight is 624 g/mol. The van der Waals surface area contributed by atoms with Gasteiger partial charge in [0.15, 0.2) is 0 Å². The third-order valence-corrected chi connectivity index (χ3v) is 9.32. The summed E-state index contributed by atoms with van der Waals surface area (Å²) >= 11 is 0. The lowest BCUT2D eigenvalue weighted by Gasteiger charge is -2.40. The fraction of sp³-hybridized carbons (Fsp3) is 0.438. The fourth-order valence-electron chi connectivity index (χ4n) is 5.80. The smallest absolute Gasteiger partial charge is 0.231 e. The van der Waals surface area contributed by atoms with Crippen LogP contribution in [-0.4, -0.2) is 89.9 Å². The van der Waals surface area contributed by atoms with Crippen LogP contribution in [0.4, 0.5) is 33.2 Å². The van der Waals surface area contributed by atoms with Gasteiger partial charge in [-0.25, -0.2) is 4.39 Å². The molecule has 1 aliphatic heterocycles. The highest BCUT2D eigenvalue weighted by molar-refractivity contribution is 7.70. The first-order chi connectivity index (χ1) is 20.9. The minimum absolute atomic E-state index is 0.0433. The first-order valence-electron chi connectivity index (χ1n) is 15.0. The summed E-state index contributed by atoms with van der Waals surface area (Å²) < 4.78 is 32.0. The first-order valence-corrected chi connectivity index (χ1v) is 17.6. The predicted molar refractivity (Wildman–Crippen MR) is 178 cm³/mol. The number of aromatic amines is 1. The molecular formula is C32H43FN7O3P. The lowest BCUT2D eigenvalue weighted by Crippen LogP contribution is -2.47. The first kappa shape index (κ1) is 31.8. The molecule has 1 saturated heterocycles. The van der Waals surface area contributed by atoms with Gasteiger partial charge in [-0.1, -0.05) is 12.1 Å². The summed E-state index contributed by atoms with van der Waals surface area (Å²) in [5, 5.41) is 18.4. The fourth-order valence-corrected chi connectivity index (χ4v) is 6.96. The molecule has 0 saturated carbocycles. The Hall–Kier alpha value is -3.66. The third-order valence-electron chi connectivity index (χ3n) is 7.77. The number of likely N-dealkylation sites (N-methyl/N-ethyl adjacent to an activating group) is 1. The van der Waals surface area contributed by atoms with Crippen LogP contribution in [0.25, 0.3) is 11.0 Å². The molecule has 0 spiro atoms. The Morgan fingerprint density at radius 1 is 1.14 bits per heavy atom. The number of fused-ring (bicyclic) bond motifs is 1. The maximum absolute atomic E-state index is 13.2. The average Bonchev–Trinajstić information content (AvgIpc) is 3.44. The van der Waals surface area contributed by atoms with E-state index in [1.807, 2.05) is 62.4 Å². The predicted octanol–water partition coefficient (Wildman–Crippen LogP) is 5.71. The van der Waals surface area contributed by atoms with Crippen molar-refractivity contribution >= 4 is 52.3 Å². The van der Waals surface area contributed by atoms with E-state index < -0.39 is 19.4 Å². The number of nitrogens with zero attached hydrogens (tertiary/aromatic N) is 4. The molecule has 1 aliphatic rings. The molecule has 2 aromatic heterocycles. The van der Waals surface area contributed by atoms with Crippen molar-refractivity contribution in [2.24, 2.45) is 0 Å². The SMILES string of the molecule is CN(CC(C)(C)O)C1CCN(c2ccc(Nc3nc(Nc4ccccc4P(C)(C)=O)c4cc[nH]c4n3)cc2OCCF)CC1. The number of aliphatic hydroxyl groups is 1. The number of hydrogen-bond acceptors (Lipinski definition) is 9. The van der Waals surface area contributed by atoms with Gasteiger partial charge >= 0.3 is 0 Å². The quantitative estimate of drug-likeness (QED) is 0.147. The van der Waals surface area contributed by atoms with Crippen molar-refractivity contribution in [2.75, 3.05) is 68.8 Å². The van der Waals surface area contributed by atoms with Gasteiger partial charge in [-0.3, -0.25) is 0 Å². The van der Waals surface area contributed by atoms with Gasteiger partial charge < -0.3 is 39.8 Å². The van der Waals surface area contributed by atoms with Crippen LogP contribution in [0.1, 0.15) is 26.7 Å². The van der Waals surface area contributed by atoms with Crippen LogP contribution in [0.15, 0.2) is 54.7 Å². The zero-order chi connectivity index (χ0) is 31.5. The number of halogens is 1. The van der Waals surface area contributed by atoms with Crippen molar-refractivity contribution in [2.45, 2.75) is 38.3 Å². The van der Waals surface area contributed by atoms with Crippen LogP contribution in [0.3, 0.4) is 0 Å². The molecule has 12 heteroatoms. The third kappa shape index (κ3) is 7.70. The summed E-state index contributed by atoms with van der Waals surface area (Å²) in [5.41, 5.74) is 2.24. The van der Waals surface area contributed by atoms with E-state index in [1.54, 1.807) is 19.5 Å². The summed E-state index contributed by atoms with van der Waals surface area (Å²) in [6.45, 7) is 8.78. The van der Waals surface area contributed by atoms with E-state index in [-0.39, 0.29) is 6.61 Å². The number of ether oxygens (including phenoxy) is 1. The number of para-hydroxylation sites is 1. The van der Waals surface area contributed by atoms with Gasteiger partial charge in [0.2, 0.25) is 5.95 Å². The Morgan fingerprint density at radius 2 is 1.89 bits per heavy atom. The number of H-pyrrole nitrogens is 1. The number of hydrogen-bond donors (Lipinski definition) is 4. The highest BCUT2D eigenvalue weighted by atomic mass is 31.2. The molecule has 3 heterocycles. The summed E-state index contributed by atoms with van der Waals surface area (Å²) in [7, 11) is -0.478. The molecule has 5 rings (SSSR count). The number of nitrogens with one attached hydrogen (secondary N) is 3. The van der Waals surface area contributed by atoms with Gasteiger partial charge in [0.05, 0.1) is 22.4 Å². The largest absolute Gasteiger partial charge is 0.489 e. The van der Waals surface area contributed by atoms with E-state index in [9.17, 15) is 14.1 Å². The highest BCUT2D eigenvalue weighted by Gasteiger charge is 2.27. The van der Waals surface area contributed by atoms with Crippen LogP contribution in [0.5, 0.6) is 5.75 Å². The molecule has 0 amide bonds. The van der Waals surface area contributed by atoms with E-state index in [0.717, 1.165) is 48.0 Å². The van der Waals surface area contributed by atoms with Gasteiger partial charge in [0, 0.05) is 48.9 Å². The van der Waals surface area contributed by atoms with Gasteiger partial charge in [-0.2, -0.15) is 9.97 Å². The van der Waals surface area contributed by atoms with Crippen molar-refractivity contribution < 1.29 is 18.8 Å². The normalized spacial score (nSPS) is 14.8. The summed E-state index contributed by atoms with van der Waals surface area (Å²) in [4.78, 5) is 17.1. The second-order valence-electron chi connectivity index (χ2n) is 12.4. The van der Waals surface area contributed by atoms with Crippen LogP contribution < -0.4 is 25.6 Å². The number of benzene rings is 2. The molecule has 236 valence electrons. The number of anilines is 5. The maximum atomic E-state index is 13.2. The molecule has 44 heavy (non-hydrogen) atoms. The molecule has 0 aliphatic carbocycles. The van der Waals surface area contributed by atoms with E-state index in [4.69, 9.17) is 9.72 Å². The van der Waals surface area contributed by atoms with E-state index in [0.29, 0.717) is 41.4 Å². The number of aromatic nitrogens is 3. The van der Waals surface area contributed by atoms with Crippen LogP contribution >= 0.6 is 7.14 Å². The van der Waals surface area contributed by atoms with Crippen LogP contribution in [-0.2, 0) is 4.57 Å². The second-order valence-corrected chi connectivity index (χ2v) is 15.6. The monoisotopic (exact) mass is 623 g/mol. The van der Waals surface area contributed by atoms with Crippen molar-refractivity contribution in [3.63, 3.8) is 0 Å². The highest BCUT2D eigenvalue weighted by Crippen LogP contribution is 2.39.